The SMILES string of the molecule is COc1cc(/C=N/NC(=O)C2COc3ccccc3O2)ccc1OCCC(C)C. The molecule has 1 amide bonds. The van der Waals surface area contributed by atoms with Crippen LogP contribution in [0.2, 0.25) is 0 Å². The molecular weight excluding hydrogens is 372 g/mol. The smallest absolute Gasteiger partial charge is 0.284 e. The van der Waals surface area contributed by atoms with Crippen LogP contribution in [0.3, 0.4) is 0 Å². The van der Waals surface area contributed by atoms with Crippen molar-refractivity contribution in [3.63, 3.8) is 0 Å². The van der Waals surface area contributed by atoms with Crippen molar-refractivity contribution in [1.29, 1.82) is 0 Å². The van der Waals surface area contributed by atoms with Crippen LogP contribution in [0.15, 0.2) is 47.6 Å². The molecule has 0 saturated heterocycles. The molecule has 0 bridgehead atoms. The first-order valence-corrected chi connectivity index (χ1v) is 9.59. The van der Waals surface area contributed by atoms with Crippen LogP contribution in [-0.4, -0.2) is 38.5 Å². The normalized spacial score (nSPS) is 15.4. The predicted molar refractivity (Wildman–Crippen MR) is 110 cm³/mol. The van der Waals surface area contributed by atoms with Gasteiger partial charge >= 0.3 is 0 Å². The van der Waals surface area contributed by atoms with Crippen molar-refractivity contribution in [2.75, 3.05) is 20.3 Å². The molecule has 0 radical (unpaired) electrons. The van der Waals surface area contributed by atoms with Crippen molar-refractivity contribution in [2.24, 2.45) is 11.0 Å². The highest BCUT2D eigenvalue weighted by molar-refractivity contribution is 5.85. The summed E-state index contributed by atoms with van der Waals surface area (Å²) < 4.78 is 22.4. The number of amides is 1. The van der Waals surface area contributed by atoms with Gasteiger partial charge in [-0.1, -0.05) is 26.0 Å². The lowest BCUT2D eigenvalue weighted by Gasteiger charge is -2.24. The summed E-state index contributed by atoms with van der Waals surface area (Å²) in [5.41, 5.74) is 3.25. The van der Waals surface area contributed by atoms with Crippen LogP contribution >= 0.6 is 0 Å². The Morgan fingerprint density at radius 2 is 2.03 bits per heavy atom. The minimum absolute atomic E-state index is 0.134. The fraction of sp³-hybridized carbons (Fsp3) is 0.364. The number of fused-ring (bicyclic) bond motifs is 1. The molecule has 29 heavy (non-hydrogen) atoms. The van der Waals surface area contributed by atoms with Gasteiger partial charge in [-0.05, 0) is 48.2 Å². The Hall–Kier alpha value is -3.22. The maximum Gasteiger partial charge on any atom is 0.284 e. The van der Waals surface area contributed by atoms with Gasteiger partial charge in [-0.2, -0.15) is 5.10 Å². The van der Waals surface area contributed by atoms with Crippen molar-refractivity contribution in [3.8, 4) is 23.0 Å². The van der Waals surface area contributed by atoms with E-state index in [1.165, 1.54) is 6.21 Å². The molecule has 154 valence electrons. The number of carbonyl (C=O) groups excluding carboxylic acids is 1. The molecule has 0 fully saturated rings. The molecule has 1 N–H and O–H groups in total. The first-order valence-electron chi connectivity index (χ1n) is 9.59. The van der Waals surface area contributed by atoms with Crippen LogP contribution in [0.1, 0.15) is 25.8 Å². The number of hydrogen-bond acceptors (Lipinski definition) is 6. The molecule has 0 aromatic heterocycles. The van der Waals surface area contributed by atoms with Gasteiger partial charge in [0.25, 0.3) is 5.91 Å². The van der Waals surface area contributed by atoms with E-state index in [-0.39, 0.29) is 12.5 Å². The minimum atomic E-state index is -0.756. The van der Waals surface area contributed by atoms with E-state index in [4.69, 9.17) is 18.9 Å². The van der Waals surface area contributed by atoms with E-state index in [1.807, 2.05) is 24.3 Å². The average molecular weight is 398 g/mol. The highest BCUT2D eigenvalue weighted by Gasteiger charge is 2.26. The van der Waals surface area contributed by atoms with E-state index in [0.29, 0.717) is 35.5 Å². The van der Waals surface area contributed by atoms with Crippen LogP contribution in [0.5, 0.6) is 23.0 Å². The molecule has 7 heteroatoms. The fourth-order valence-corrected chi connectivity index (χ4v) is 2.68. The van der Waals surface area contributed by atoms with Crippen LogP contribution in [0.4, 0.5) is 0 Å². The number of hydrogen-bond donors (Lipinski definition) is 1. The molecule has 3 rings (SSSR count). The summed E-state index contributed by atoms with van der Waals surface area (Å²) >= 11 is 0. The summed E-state index contributed by atoms with van der Waals surface area (Å²) in [5.74, 6) is 2.66. The highest BCUT2D eigenvalue weighted by Crippen LogP contribution is 2.31. The Kier molecular flexibility index (Phi) is 6.94. The molecule has 1 unspecified atom stereocenters. The number of para-hydroxylation sites is 2. The first-order chi connectivity index (χ1) is 14.1. The van der Waals surface area contributed by atoms with E-state index in [9.17, 15) is 4.79 Å². The number of nitrogens with one attached hydrogen (secondary N) is 1. The molecule has 1 atom stereocenters. The Morgan fingerprint density at radius 1 is 1.24 bits per heavy atom. The van der Waals surface area contributed by atoms with Crippen molar-refractivity contribution < 1.29 is 23.7 Å². The Morgan fingerprint density at radius 3 is 2.79 bits per heavy atom. The molecule has 0 saturated carbocycles. The summed E-state index contributed by atoms with van der Waals surface area (Å²) in [5, 5.41) is 4.01. The van der Waals surface area contributed by atoms with Crippen LogP contribution < -0.4 is 24.4 Å². The zero-order valence-corrected chi connectivity index (χ0v) is 16.9. The van der Waals surface area contributed by atoms with Gasteiger partial charge in [0.05, 0.1) is 19.9 Å². The summed E-state index contributed by atoms with van der Waals surface area (Å²) in [6, 6.07) is 12.7. The second-order valence-corrected chi connectivity index (χ2v) is 7.04. The maximum absolute atomic E-state index is 12.3. The van der Waals surface area contributed by atoms with Crippen molar-refractivity contribution >= 4 is 12.1 Å². The second kappa shape index (κ2) is 9.82. The zero-order valence-electron chi connectivity index (χ0n) is 16.9. The largest absolute Gasteiger partial charge is 0.493 e. The number of rotatable bonds is 8. The highest BCUT2D eigenvalue weighted by atomic mass is 16.6. The molecule has 1 heterocycles. The molecule has 7 nitrogen and oxygen atoms in total. The zero-order chi connectivity index (χ0) is 20.6. The van der Waals surface area contributed by atoms with Gasteiger partial charge in [-0.15, -0.1) is 0 Å². The van der Waals surface area contributed by atoms with Gasteiger partial charge in [-0.3, -0.25) is 4.79 Å². The minimum Gasteiger partial charge on any atom is -0.493 e. The summed E-state index contributed by atoms with van der Waals surface area (Å²) in [6.07, 6.45) is 1.75. The molecule has 1 aliphatic rings. The number of nitrogens with zero attached hydrogens (tertiary/aromatic N) is 1. The Balaban J connectivity index is 1.55. The summed E-state index contributed by atoms with van der Waals surface area (Å²) in [6.45, 7) is 5.06. The van der Waals surface area contributed by atoms with Gasteiger partial charge < -0.3 is 18.9 Å². The summed E-state index contributed by atoms with van der Waals surface area (Å²) in [7, 11) is 1.59. The topological polar surface area (TPSA) is 78.4 Å². The predicted octanol–water partition coefficient (Wildman–Crippen LogP) is 3.41. The van der Waals surface area contributed by atoms with Gasteiger partial charge in [-0.25, -0.2) is 5.43 Å². The standard InChI is InChI=1S/C22H26N2O5/c1-15(2)10-11-27-18-9-8-16(12-20(18)26-3)13-23-24-22(25)21-14-28-17-6-4-5-7-19(17)29-21/h4-9,12-13,15,21H,10-11,14H2,1-3H3,(H,24,25)/b23-13+. The number of carbonyl (C=O) groups is 1. The Bertz CT molecular complexity index is 866. The van der Waals surface area contributed by atoms with Crippen LogP contribution in [0, 0.1) is 5.92 Å². The quantitative estimate of drug-likeness (QED) is 0.545. The van der Waals surface area contributed by atoms with Crippen molar-refractivity contribution in [1.82, 2.24) is 5.43 Å². The number of benzene rings is 2. The number of ether oxygens (including phenoxy) is 4. The number of methoxy groups -OCH3 is 1. The van der Waals surface area contributed by atoms with E-state index in [2.05, 4.69) is 24.4 Å². The molecular formula is C22H26N2O5. The third-order valence-corrected chi connectivity index (χ3v) is 4.33. The van der Waals surface area contributed by atoms with E-state index in [0.717, 1.165) is 12.0 Å². The monoisotopic (exact) mass is 398 g/mol. The number of hydrazone groups is 1. The lowest BCUT2D eigenvalue weighted by Crippen LogP contribution is -2.42. The van der Waals surface area contributed by atoms with Gasteiger partial charge in [0.2, 0.25) is 6.10 Å². The lowest BCUT2D eigenvalue weighted by molar-refractivity contribution is -0.130. The van der Waals surface area contributed by atoms with Crippen LogP contribution in [-0.2, 0) is 4.79 Å². The van der Waals surface area contributed by atoms with Crippen LogP contribution in [0.25, 0.3) is 0 Å². The van der Waals surface area contributed by atoms with E-state index < -0.39 is 6.10 Å². The lowest BCUT2D eigenvalue weighted by atomic mass is 10.1. The molecule has 1 aliphatic heterocycles. The fourth-order valence-electron chi connectivity index (χ4n) is 2.68. The molecule has 0 spiro atoms. The molecule has 2 aromatic rings. The van der Waals surface area contributed by atoms with Gasteiger partial charge in [0.15, 0.2) is 23.0 Å². The average Bonchev–Trinajstić information content (AvgIpc) is 2.73. The molecule has 0 aliphatic carbocycles. The van der Waals surface area contributed by atoms with Gasteiger partial charge in [0.1, 0.15) is 6.61 Å². The Labute approximate surface area is 170 Å². The maximum atomic E-state index is 12.3. The third-order valence-electron chi connectivity index (χ3n) is 4.33. The van der Waals surface area contributed by atoms with Crippen molar-refractivity contribution in [2.45, 2.75) is 26.4 Å². The van der Waals surface area contributed by atoms with E-state index in [1.54, 1.807) is 25.3 Å². The van der Waals surface area contributed by atoms with E-state index >= 15 is 0 Å². The third kappa shape index (κ3) is 5.63. The molecule has 2 aromatic carbocycles. The van der Waals surface area contributed by atoms with Gasteiger partial charge in [0, 0.05) is 0 Å². The second-order valence-electron chi connectivity index (χ2n) is 7.04. The van der Waals surface area contributed by atoms with Crippen molar-refractivity contribution in [3.05, 3.63) is 48.0 Å². The summed E-state index contributed by atoms with van der Waals surface area (Å²) in [4.78, 5) is 12.3. The first kappa shape index (κ1) is 20.5.